The molecule has 4 nitrogen and oxygen atoms in total. The lowest BCUT2D eigenvalue weighted by atomic mass is 9.83. The third-order valence-electron chi connectivity index (χ3n) is 3.85. The van der Waals surface area contributed by atoms with Crippen LogP contribution in [0.25, 0.3) is 0 Å². The number of nitrogens with two attached hydrogens (primary N) is 1. The molecule has 1 aliphatic rings. The first-order chi connectivity index (χ1) is 9.28. The largest absolute Gasteiger partial charge is 0.326 e. The molecule has 1 atom stereocenters. The molecule has 1 unspecified atom stereocenters. The topological polar surface area (TPSA) is 71.8 Å². The Morgan fingerprint density at radius 1 is 1.32 bits per heavy atom. The predicted octanol–water partition coefficient (Wildman–Crippen LogP) is 1.50. The van der Waals surface area contributed by atoms with E-state index in [-0.39, 0.29) is 12.1 Å². The first kappa shape index (κ1) is 12.1. The molecule has 3 N–H and O–H groups in total. The first-order valence-electron chi connectivity index (χ1n) is 6.63. The summed E-state index contributed by atoms with van der Waals surface area (Å²) in [6.07, 6.45) is 4.63. The summed E-state index contributed by atoms with van der Waals surface area (Å²) in [5.41, 5.74) is 8.70. The van der Waals surface area contributed by atoms with E-state index in [4.69, 9.17) is 5.73 Å². The molecule has 1 heterocycles. The molecule has 0 spiro atoms. The van der Waals surface area contributed by atoms with Crippen molar-refractivity contribution in [2.75, 3.05) is 0 Å². The molecule has 1 aromatic carbocycles. The van der Waals surface area contributed by atoms with E-state index in [9.17, 15) is 4.79 Å². The van der Waals surface area contributed by atoms with Gasteiger partial charge in [-0.3, -0.25) is 4.79 Å². The monoisotopic (exact) mass is 255 g/mol. The number of benzene rings is 1. The van der Waals surface area contributed by atoms with Gasteiger partial charge >= 0.3 is 0 Å². The number of aryl methyl sites for hydroxylation is 1. The maximum atomic E-state index is 11.8. The summed E-state index contributed by atoms with van der Waals surface area (Å²) in [5, 5.41) is 0. The summed E-state index contributed by atoms with van der Waals surface area (Å²) >= 11 is 0. The highest BCUT2D eigenvalue weighted by Crippen LogP contribution is 2.30. The van der Waals surface area contributed by atoms with Crippen LogP contribution in [0.15, 0.2) is 35.3 Å². The molecule has 2 aromatic rings. The average molecular weight is 255 g/mol. The van der Waals surface area contributed by atoms with Crippen molar-refractivity contribution in [2.24, 2.45) is 5.73 Å². The van der Waals surface area contributed by atoms with E-state index in [2.05, 4.69) is 34.2 Å². The van der Waals surface area contributed by atoms with Crippen molar-refractivity contribution in [3.8, 4) is 0 Å². The zero-order valence-electron chi connectivity index (χ0n) is 10.7. The van der Waals surface area contributed by atoms with Crippen LogP contribution in [0.4, 0.5) is 0 Å². The van der Waals surface area contributed by atoms with Crippen molar-refractivity contribution < 1.29 is 0 Å². The van der Waals surface area contributed by atoms with Gasteiger partial charge in [-0.15, -0.1) is 0 Å². The fourth-order valence-electron chi connectivity index (χ4n) is 2.72. The molecule has 0 saturated heterocycles. The van der Waals surface area contributed by atoms with E-state index in [1.807, 2.05) is 0 Å². The van der Waals surface area contributed by atoms with E-state index >= 15 is 0 Å². The molecular weight excluding hydrogens is 238 g/mol. The molecule has 19 heavy (non-hydrogen) atoms. The molecule has 4 heteroatoms. The van der Waals surface area contributed by atoms with Crippen LogP contribution in [0.2, 0.25) is 0 Å². The Morgan fingerprint density at radius 3 is 2.84 bits per heavy atom. The van der Waals surface area contributed by atoms with E-state index in [1.165, 1.54) is 11.1 Å². The summed E-state index contributed by atoms with van der Waals surface area (Å²) < 4.78 is 0. The molecule has 0 saturated carbocycles. The third-order valence-corrected chi connectivity index (χ3v) is 3.85. The highest BCUT2D eigenvalue weighted by atomic mass is 16.1. The Morgan fingerprint density at radius 2 is 2.11 bits per heavy atom. The second-order valence-electron chi connectivity index (χ2n) is 5.04. The number of nitrogens with zero attached hydrogens (tertiary/aromatic N) is 1. The van der Waals surface area contributed by atoms with Crippen LogP contribution in [0, 0.1) is 0 Å². The first-order valence-corrected chi connectivity index (χ1v) is 6.63. The van der Waals surface area contributed by atoms with Gasteiger partial charge in [-0.1, -0.05) is 24.3 Å². The zero-order valence-corrected chi connectivity index (χ0v) is 10.7. The second-order valence-corrected chi connectivity index (χ2v) is 5.04. The highest BCUT2D eigenvalue weighted by molar-refractivity contribution is 5.31. The maximum absolute atomic E-state index is 11.8. The Labute approximate surface area is 111 Å². The molecule has 1 aromatic heterocycles. The van der Waals surface area contributed by atoms with Gasteiger partial charge in [0.25, 0.3) is 5.56 Å². The molecule has 0 bridgehead atoms. The Bertz CT molecular complexity index is 648. The number of aromatic nitrogens is 2. The predicted molar refractivity (Wildman–Crippen MR) is 74.0 cm³/mol. The number of nitrogens with one attached hydrogen (secondary N) is 1. The summed E-state index contributed by atoms with van der Waals surface area (Å²) in [5.74, 6) is 1.09. The van der Waals surface area contributed by atoms with Crippen molar-refractivity contribution in [2.45, 2.75) is 31.7 Å². The van der Waals surface area contributed by atoms with Crippen molar-refractivity contribution >= 4 is 0 Å². The molecule has 1 aliphatic carbocycles. The van der Waals surface area contributed by atoms with E-state index in [0.717, 1.165) is 25.1 Å². The second kappa shape index (κ2) is 4.97. The lowest BCUT2D eigenvalue weighted by Crippen LogP contribution is -2.22. The number of hydrogen-bond acceptors (Lipinski definition) is 3. The van der Waals surface area contributed by atoms with Crippen LogP contribution in [-0.2, 0) is 19.4 Å². The number of fused-ring (bicyclic) bond motifs is 1. The minimum absolute atomic E-state index is 0.105. The number of rotatable bonds is 2. The zero-order chi connectivity index (χ0) is 13.2. The molecule has 0 amide bonds. The quantitative estimate of drug-likeness (QED) is 0.854. The van der Waals surface area contributed by atoms with Gasteiger partial charge in [-0.05, 0) is 30.4 Å². The SMILES string of the molecule is NCc1cnc(C2CCc3ccccc3C2)[nH]c1=O. The minimum Gasteiger partial charge on any atom is -0.326 e. The van der Waals surface area contributed by atoms with Crippen LogP contribution in [0.3, 0.4) is 0 Å². The number of hydrogen-bond donors (Lipinski definition) is 2. The van der Waals surface area contributed by atoms with Gasteiger partial charge in [-0.25, -0.2) is 4.98 Å². The number of aromatic amines is 1. The van der Waals surface area contributed by atoms with Crippen molar-refractivity contribution in [3.05, 3.63) is 63.3 Å². The Kier molecular flexibility index (Phi) is 3.17. The van der Waals surface area contributed by atoms with Gasteiger partial charge in [0.05, 0.1) is 0 Å². The van der Waals surface area contributed by atoms with E-state index < -0.39 is 0 Å². The lowest BCUT2D eigenvalue weighted by Gasteiger charge is -2.23. The Balaban J connectivity index is 1.89. The van der Waals surface area contributed by atoms with Crippen molar-refractivity contribution in [3.63, 3.8) is 0 Å². The van der Waals surface area contributed by atoms with Gasteiger partial charge in [0.15, 0.2) is 0 Å². The Hall–Kier alpha value is -1.94. The molecular formula is C15H17N3O. The van der Waals surface area contributed by atoms with Gasteiger partial charge in [0, 0.05) is 24.2 Å². The third kappa shape index (κ3) is 2.31. The van der Waals surface area contributed by atoms with Crippen molar-refractivity contribution in [1.29, 1.82) is 0 Å². The van der Waals surface area contributed by atoms with Gasteiger partial charge in [-0.2, -0.15) is 0 Å². The maximum Gasteiger partial charge on any atom is 0.255 e. The minimum atomic E-state index is -0.105. The fraction of sp³-hybridized carbons (Fsp3) is 0.333. The average Bonchev–Trinajstić information content (AvgIpc) is 2.46. The van der Waals surface area contributed by atoms with Crippen LogP contribution < -0.4 is 11.3 Å². The summed E-state index contributed by atoms with van der Waals surface area (Å²) in [7, 11) is 0. The normalized spacial score (nSPS) is 18.1. The summed E-state index contributed by atoms with van der Waals surface area (Å²) in [4.78, 5) is 19.0. The van der Waals surface area contributed by atoms with Crippen LogP contribution in [-0.4, -0.2) is 9.97 Å². The highest BCUT2D eigenvalue weighted by Gasteiger charge is 2.21. The van der Waals surface area contributed by atoms with Crippen LogP contribution in [0.1, 0.15) is 34.9 Å². The van der Waals surface area contributed by atoms with Gasteiger partial charge in [0.1, 0.15) is 5.82 Å². The van der Waals surface area contributed by atoms with E-state index in [1.54, 1.807) is 6.20 Å². The summed E-state index contributed by atoms with van der Waals surface area (Å²) in [6.45, 7) is 0.232. The van der Waals surface area contributed by atoms with Crippen LogP contribution in [0.5, 0.6) is 0 Å². The standard InChI is InChI=1S/C15H17N3O/c16-8-13-9-17-14(18-15(13)19)12-6-5-10-3-1-2-4-11(10)7-12/h1-4,9,12H,5-8,16H2,(H,17,18,19). The lowest BCUT2D eigenvalue weighted by molar-refractivity contribution is 0.552. The van der Waals surface area contributed by atoms with E-state index in [0.29, 0.717) is 11.5 Å². The summed E-state index contributed by atoms with van der Waals surface area (Å²) in [6, 6.07) is 8.48. The molecule has 0 aliphatic heterocycles. The van der Waals surface area contributed by atoms with Crippen molar-refractivity contribution in [1.82, 2.24) is 9.97 Å². The smallest absolute Gasteiger partial charge is 0.255 e. The molecule has 3 rings (SSSR count). The van der Waals surface area contributed by atoms with Gasteiger partial charge < -0.3 is 10.7 Å². The molecule has 0 radical (unpaired) electrons. The van der Waals surface area contributed by atoms with Gasteiger partial charge in [0.2, 0.25) is 0 Å². The van der Waals surface area contributed by atoms with Crippen LogP contribution >= 0.6 is 0 Å². The number of H-pyrrole nitrogens is 1. The fourth-order valence-corrected chi connectivity index (χ4v) is 2.72. The molecule has 0 fully saturated rings. The molecule has 98 valence electrons.